The summed E-state index contributed by atoms with van der Waals surface area (Å²) in [7, 11) is 0. The number of hydrogen-bond donors (Lipinski definition) is 1. The van der Waals surface area contributed by atoms with Crippen molar-refractivity contribution in [3.63, 3.8) is 0 Å². The Bertz CT molecular complexity index is 497. The van der Waals surface area contributed by atoms with Gasteiger partial charge in [0.15, 0.2) is 0 Å². The van der Waals surface area contributed by atoms with Crippen LogP contribution in [-0.2, 0) is 11.2 Å². The standard InChI is InChI=1S/C19H30N2O2/c1-14(2)13-23-17-9-7-16(8-10-17)12-19(22)21-11-5-4-6-18(21)15(3)20/h7-10,14-15,18H,4-6,11-13,20H2,1-3H3. The summed E-state index contributed by atoms with van der Waals surface area (Å²) in [4.78, 5) is 14.6. The van der Waals surface area contributed by atoms with Gasteiger partial charge < -0.3 is 15.4 Å². The maximum Gasteiger partial charge on any atom is 0.227 e. The van der Waals surface area contributed by atoms with Crippen LogP contribution in [0.15, 0.2) is 24.3 Å². The van der Waals surface area contributed by atoms with Crippen LogP contribution in [-0.4, -0.2) is 36.0 Å². The first-order valence-corrected chi connectivity index (χ1v) is 8.74. The molecular formula is C19H30N2O2. The van der Waals surface area contributed by atoms with Crippen molar-refractivity contribution < 1.29 is 9.53 Å². The summed E-state index contributed by atoms with van der Waals surface area (Å²) in [6, 6.07) is 8.08. The molecule has 2 atom stereocenters. The molecule has 0 bridgehead atoms. The SMILES string of the molecule is CC(C)COc1ccc(CC(=O)N2CCCCC2C(C)N)cc1. The number of likely N-dealkylation sites (tertiary alicyclic amines) is 1. The number of hydrogen-bond acceptors (Lipinski definition) is 3. The number of nitrogens with two attached hydrogens (primary N) is 1. The molecule has 1 aromatic rings. The molecule has 0 aliphatic carbocycles. The van der Waals surface area contributed by atoms with Crippen LogP contribution in [0.4, 0.5) is 0 Å². The van der Waals surface area contributed by atoms with Crippen LogP contribution in [0.1, 0.15) is 45.6 Å². The lowest BCUT2D eigenvalue weighted by Gasteiger charge is -2.38. The number of carbonyl (C=O) groups excluding carboxylic acids is 1. The van der Waals surface area contributed by atoms with Crippen molar-refractivity contribution in [3.05, 3.63) is 29.8 Å². The summed E-state index contributed by atoms with van der Waals surface area (Å²) in [5.74, 6) is 1.55. The lowest BCUT2D eigenvalue weighted by molar-refractivity contribution is -0.134. The van der Waals surface area contributed by atoms with Gasteiger partial charge in [0.1, 0.15) is 5.75 Å². The van der Waals surface area contributed by atoms with Gasteiger partial charge in [-0.3, -0.25) is 4.79 Å². The molecule has 2 rings (SSSR count). The summed E-state index contributed by atoms with van der Waals surface area (Å²) in [6.07, 6.45) is 3.70. The van der Waals surface area contributed by atoms with Crippen LogP contribution in [0.25, 0.3) is 0 Å². The minimum absolute atomic E-state index is 0.0334. The molecule has 1 aliphatic heterocycles. The molecule has 1 saturated heterocycles. The van der Waals surface area contributed by atoms with Gasteiger partial charge in [-0.2, -0.15) is 0 Å². The molecule has 1 amide bonds. The Hall–Kier alpha value is -1.55. The van der Waals surface area contributed by atoms with E-state index in [1.807, 2.05) is 36.1 Å². The van der Waals surface area contributed by atoms with E-state index in [1.165, 1.54) is 0 Å². The van der Waals surface area contributed by atoms with E-state index in [9.17, 15) is 4.79 Å². The van der Waals surface area contributed by atoms with Crippen LogP contribution >= 0.6 is 0 Å². The van der Waals surface area contributed by atoms with Gasteiger partial charge in [-0.05, 0) is 49.8 Å². The molecule has 4 heteroatoms. The van der Waals surface area contributed by atoms with E-state index in [0.29, 0.717) is 18.9 Å². The predicted molar refractivity (Wildman–Crippen MR) is 93.5 cm³/mol. The van der Waals surface area contributed by atoms with Crippen molar-refractivity contribution >= 4 is 5.91 Å². The Morgan fingerprint density at radius 3 is 2.57 bits per heavy atom. The lowest BCUT2D eigenvalue weighted by Crippen LogP contribution is -2.52. The van der Waals surface area contributed by atoms with Gasteiger partial charge in [0.25, 0.3) is 0 Å². The minimum Gasteiger partial charge on any atom is -0.493 e. The second-order valence-corrected chi connectivity index (χ2v) is 7.03. The van der Waals surface area contributed by atoms with Crippen LogP contribution < -0.4 is 10.5 Å². The Morgan fingerprint density at radius 1 is 1.26 bits per heavy atom. The third-order valence-electron chi connectivity index (χ3n) is 4.34. The Labute approximate surface area is 140 Å². The average molecular weight is 318 g/mol. The number of ether oxygens (including phenoxy) is 1. The largest absolute Gasteiger partial charge is 0.493 e. The van der Waals surface area contributed by atoms with Crippen molar-refractivity contribution in [3.8, 4) is 5.75 Å². The maximum atomic E-state index is 12.6. The Kier molecular flexibility index (Phi) is 6.46. The number of nitrogens with zero attached hydrogens (tertiary/aromatic N) is 1. The number of piperidine rings is 1. The normalized spacial score (nSPS) is 19.7. The fraction of sp³-hybridized carbons (Fsp3) is 0.632. The monoisotopic (exact) mass is 318 g/mol. The van der Waals surface area contributed by atoms with E-state index in [2.05, 4.69) is 13.8 Å². The number of rotatable bonds is 6. The molecule has 1 fully saturated rings. The second-order valence-electron chi connectivity index (χ2n) is 7.03. The van der Waals surface area contributed by atoms with Gasteiger partial charge in [0, 0.05) is 18.6 Å². The number of amides is 1. The van der Waals surface area contributed by atoms with Gasteiger partial charge in [-0.25, -0.2) is 0 Å². The van der Waals surface area contributed by atoms with E-state index in [0.717, 1.165) is 37.1 Å². The zero-order valence-corrected chi connectivity index (χ0v) is 14.6. The fourth-order valence-electron chi connectivity index (χ4n) is 3.06. The zero-order chi connectivity index (χ0) is 16.8. The van der Waals surface area contributed by atoms with Crippen LogP contribution in [0.5, 0.6) is 5.75 Å². The number of benzene rings is 1. The van der Waals surface area contributed by atoms with E-state index < -0.39 is 0 Å². The van der Waals surface area contributed by atoms with E-state index in [-0.39, 0.29) is 18.0 Å². The molecule has 4 nitrogen and oxygen atoms in total. The van der Waals surface area contributed by atoms with Crippen molar-refractivity contribution in [1.29, 1.82) is 0 Å². The highest BCUT2D eigenvalue weighted by Crippen LogP contribution is 2.21. The number of carbonyl (C=O) groups is 1. The first-order valence-electron chi connectivity index (χ1n) is 8.74. The zero-order valence-electron chi connectivity index (χ0n) is 14.6. The molecule has 128 valence electrons. The molecular weight excluding hydrogens is 288 g/mol. The van der Waals surface area contributed by atoms with Gasteiger partial charge >= 0.3 is 0 Å². The summed E-state index contributed by atoms with van der Waals surface area (Å²) in [5, 5.41) is 0. The Balaban J connectivity index is 1.93. The van der Waals surface area contributed by atoms with Crippen LogP contribution in [0.2, 0.25) is 0 Å². The molecule has 2 unspecified atom stereocenters. The lowest BCUT2D eigenvalue weighted by atomic mass is 9.96. The highest BCUT2D eigenvalue weighted by molar-refractivity contribution is 5.79. The van der Waals surface area contributed by atoms with E-state index >= 15 is 0 Å². The summed E-state index contributed by atoms with van der Waals surface area (Å²) in [6.45, 7) is 7.79. The molecule has 0 saturated carbocycles. The first-order chi connectivity index (χ1) is 11.0. The van der Waals surface area contributed by atoms with Crippen molar-refractivity contribution in [1.82, 2.24) is 4.90 Å². The predicted octanol–water partition coefficient (Wildman–Crippen LogP) is 2.99. The average Bonchev–Trinajstić information content (AvgIpc) is 2.54. The minimum atomic E-state index is 0.0334. The molecule has 2 N–H and O–H groups in total. The van der Waals surface area contributed by atoms with Gasteiger partial charge in [0.2, 0.25) is 5.91 Å². The molecule has 0 radical (unpaired) electrons. The molecule has 0 aromatic heterocycles. The molecule has 0 spiro atoms. The van der Waals surface area contributed by atoms with Gasteiger partial charge in [-0.15, -0.1) is 0 Å². The van der Waals surface area contributed by atoms with Crippen molar-refractivity contribution in [2.45, 2.75) is 58.5 Å². The fourth-order valence-corrected chi connectivity index (χ4v) is 3.06. The van der Waals surface area contributed by atoms with E-state index in [4.69, 9.17) is 10.5 Å². The second kappa shape index (κ2) is 8.34. The third-order valence-corrected chi connectivity index (χ3v) is 4.34. The maximum absolute atomic E-state index is 12.6. The quantitative estimate of drug-likeness (QED) is 0.877. The molecule has 23 heavy (non-hydrogen) atoms. The van der Waals surface area contributed by atoms with E-state index in [1.54, 1.807) is 0 Å². The highest BCUT2D eigenvalue weighted by Gasteiger charge is 2.28. The van der Waals surface area contributed by atoms with Gasteiger partial charge in [-0.1, -0.05) is 26.0 Å². The van der Waals surface area contributed by atoms with Gasteiger partial charge in [0.05, 0.1) is 13.0 Å². The summed E-state index contributed by atoms with van der Waals surface area (Å²) >= 11 is 0. The Morgan fingerprint density at radius 2 is 1.96 bits per heavy atom. The first kappa shape index (κ1) is 17.8. The van der Waals surface area contributed by atoms with Crippen molar-refractivity contribution in [2.75, 3.05) is 13.2 Å². The van der Waals surface area contributed by atoms with Crippen molar-refractivity contribution in [2.24, 2.45) is 11.7 Å². The molecule has 1 aromatic carbocycles. The topological polar surface area (TPSA) is 55.6 Å². The smallest absolute Gasteiger partial charge is 0.227 e. The highest BCUT2D eigenvalue weighted by atomic mass is 16.5. The van der Waals surface area contributed by atoms with Crippen LogP contribution in [0.3, 0.4) is 0 Å². The molecule has 1 heterocycles. The summed E-state index contributed by atoms with van der Waals surface area (Å²) < 4.78 is 5.68. The summed E-state index contributed by atoms with van der Waals surface area (Å²) in [5.41, 5.74) is 7.08. The third kappa shape index (κ3) is 5.24. The molecule has 1 aliphatic rings. The van der Waals surface area contributed by atoms with Crippen LogP contribution in [0, 0.1) is 5.92 Å².